The standard InChI is InChI=1S/C14H18N2O3/c1-8-6-9(16(2)3)4-5-12(8)15-13(17)10-7-11(10)14(18)19/h4-6,10-11H,7H2,1-3H3,(H,15,17)(H,18,19). The molecule has 0 radical (unpaired) electrons. The number of amides is 1. The highest BCUT2D eigenvalue weighted by Gasteiger charge is 2.48. The molecule has 1 amide bonds. The van der Waals surface area contributed by atoms with Gasteiger partial charge in [0.15, 0.2) is 0 Å². The monoisotopic (exact) mass is 262 g/mol. The molecule has 2 N–H and O–H groups in total. The predicted molar refractivity (Wildman–Crippen MR) is 73.4 cm³/mol. The Kier molecular flexibility index (Phi) is 3.46. The molecular formula is C14H18N2O3. The van der Waals surface area contributed by atoms with E-state index in [-0.39, 0.29) is 11.8 Å². The van der Waals surface area contributed by atoms with Gasteiger partial charge < -0.3 is 15.3 Å². The Labute approximate surface area is 112 Å². The summed E-state index contributed by atoms with van der Waals surface area (Å²) in [4.78, 5) is 24.6. The number of aliphatic carboxylic acids is 1. The third-order valence-electron chi connectivity index (χ3n) is 3.43. The number of anilines is 2. The molecule has 1 aromatic rings. The first kappa shape index (κ1) is 13.4. The fourth-order valence-electron chi connectivity index (χ4n) is 2.05. The Bertz CT molecular complexity index is 525. The van der Waals surface area contributed by atoms with Gasteiger partial charge in [0.1, 0.15) is 0 Å². The summed E-state index contributed by atoms with van der Waals surface area (Å²) in [5, 5.41) is 11.6. The van der Waals surface area contributed by atoms with E-state index in [1.807, 2.05) is 44.1 Å². The Morgan fingerprint density at radius 2 is 2.00 bits per heavy atom. The number of carbonyl (C=O) groups excluding carboxylic acids is 1. The van der Waals surface area contributed by atoms with Gasteiger partial charge >= 0.3 is 5.97 Å². The lowest BCUT2D eigenvalue weighted by atomic mass is 10.1. The van der Waals surface area contributed by atoms with Crippen LogP contribution in [0.15, 0.2) is 18.2 Å². The van der Waals surface area contributed by atoms with E-state index >= 15 is 0 Å². The molecule has 0 aromatic heterocycles. The number of nitrogens with one attached hydrogen (secondary N) is 1. The molecule has 1 fully saturated rings. The molecule has 102 valence electrons. The van der Waals surface area contributed by atoms with E-state index < -0.39 is 11.9 Å². The number of carboxylic acid groups (broad SMARTS) is 1. The maximum atomic E-state index is 11.9. The van der Waals surface area contributed by atoms with Crippen LogP contribution in [-0.4, -0.2) is 31.1 Å². The summed E-state index contributed by atoms with van der Waals surface area (Å²) in [5.74, 6) is -1.99. The molecule has 1 aliphatic rings. The van der Waals surface area contributed by atoms with Crippen LogP contribution in [0.4, 0.5) is 11.4 Å². The van der Waals surface area contributed by atoms with E-state index in [1.165, 1.54) is 0 Å². The first-order valence-corrected chi connectivity index (χ1v) is 6.22. The highest BCUT2D eigenvalue weighted by atomic mass is 16.4. The SMILES string of the molecule is Cc1cc(N(C)C)ccc1NC(=O)C1CC1C(=O)O. The summed E-state index contributed by atoms with van der Waals surface area (Å²) in [6.45, 7) is 1.92. The van der Waals surface area contributed by atoms with E-state index in [9.17, 15) is 9.59 Å². The van der Waals surface area contributed by atoms with Gasteiger partial charge in [-0.3, -0.25) is 9.59 Å². The van der Waals surface area contributed by atoms with E-state index in [2.05, 4.69) is 5.32 Å². The quantitative estimate of drug-likeness (QED) is 0.867. The lowest BCUT2D eigenvalue weighted by Crippen LogP contribution is -2.17. The summed E-state index contributed by atoms with van der Waals surface area (Å²) in [6, 6.07) is 5.75. The average Bonchev–Trinajstić information content (AvgIpc) is 3.11. The van der Waals surface area contributed by atoms with E-state index in [0.29, 0.717) is 6.42 Å². The Morgan fingerprint density at radius 3 is 2.47 bits per heavy atom. The fourth-order valence-corrected chi connectivity index (χ4v) is 2.05. The van der Waals surface area contributed by atoms with Crippen LogP contribution in [0.1, 0.15) is 12.0 Å². The van der Waals surface area contributed by atoms with Gasteiger partial charge in [0.05, 0.1) is 11.8 Å². The molecule has 1 aromatic carbocycles. The van der Waals surface area contributed by atoms with Crippen LogP contribution < -0.4 is 10.2 Å². The summed E-state index contributed by atoms with van der Waals surface area (Å²) in [5.41, 5.74) is 2.77. The molecule has 2 atom stereocenters. The van der Waals surface area contributed by atoms with Crippen LogP contribution >= 0.6 is 0 Å². The smallest absolute Gasteiger partial charge is 0.307 e. The summed E-state index contributed by atoms with van der Waals surface area (Å²) < 4.78 is 0. The van der Waals surface area contributed by atoms with Crippen molar-refractivity contribution in [3.05, 3.63) is 23.8 Å². The third kappa shape index (κ3) is 2.86. The maximum Gasteiger partial charge on any atom is 0.307 e. The van der Waals surface area contributed by atoms with Gasteiger partial charge in [0.25, 0.3) is 0 Å². The molecule has 5 nitrogen and oxygen atoms in total. The van der Waals surface area contributed by atoms with Gasteiger partial charge in [-0.2, -0.15) is 0 Å². The lowest BCUT2D eigenvalue weighted by molar-refractivity contribution is -0.139. The second-order valence-electron chi connectivity index (χ2n) is 5.17. The number of hydrogen-bond acceptors (Lipinski definition) is 3. The first-order chi connectivity index (χ1) is 8.90. The van der Waals surface area contributed by atoms with Crippen molar-refractivity contribution in [3.63, 3.8) is 0 Å². The van der Waals surface area contributed by atoms with Crippen LogP contribution in [0.25, 0.3) is 0 Å². The summed E-state index contributed by atoms with van der Waals surface area (Å²) in [7, 11) is 3.91. The minimum Gasteiger partial charge on any atom is -0.481 e. The predicted octanol–water partition coefficient (Wildman–Crippen LogP) is 1.72. The van der Waals surface area contributed by atoms with Crippen molar-refractivity contribution in [1.29, 1.82) is 0 Å². The molecule has 1 aliphatic carbocycles. The number of aryl methyl sites for hydroxylation is 1. The third-order valence-corrected chi connectivity index (χ3v) is 3.43. The zero-order valence-electron chi connectivity index (χ0n) is 11.3. The average molecular weight is 262 g/mol. The molecule has 2 rings (SSSR count). The molecule has 0 spiro atoms. The fraction of sp³-hybridized carbons (Fsp3) is 0.429. The van der Waals surface area contributed by atoms with Crippen LogP contribution in [-0.2, 0) is 9.59 Å². The topological polar surface area (TPSA) is 69.6 Å². The second kappa shape index (κ2) is 4.91. The molecular weight excluding hydrogens is 244 g/mol. The number of rotatable bonds is 4. The van der Waals surface area contributed by atoms with Gasteiger partial charge in [-0.25, -0.2) is 0 Å². The van der Waals surface area contributed by atoms with Crippen molar-refractivity contribution in [1.82, 2.24) is 0 Å². The summed E-state index contributed by atoms with van der Waals surface area (Å²) >= 11 is 0. The van der Waals surface area contributed by atoms with E-state index in [4.69, 9.17) is 5.11 Å². The molecule has 2 unspecified atom stereocenters. The van der Waals surface area contributed by atoms with Crippen LogP contribution in [0.5, 0.6) is 0 Å². The molecule has 0 saturated heterocycles. The zero-order valence-corrected chi connectivity index (χ0v) is 11.3. The lowest BCUT2D eigenvalue weighted by Gasteiger charge is -2.15. The van der Waals surface area contributed by atoms with Gasteiger partial charge in [-0.1, -0.05) is 0 Å². The maximum absolute atomic E-state index is 11.9. The van der Waals surface area contributed by atoms with Gasteiger partial charge in [-0.05, 0) is 37.1 Å². The normalized spacial score (nSPS) is 20.8. The van der Waals surface area contributed by atoms with Crippen molar-refractivity contribution in [2.75, 3.05) is 24.3 Å². The number of carboxylic acids is 1. The van der Waals surface area contributed by atoms with Gasteiger partial charge in [0, 0.05) is 25.5 Å². The highest BCUT2D eigenvalue weighted by Crippen LogP contribution is 2.39. The van der Waals surface area contributed by atoms with Crippen LogP contribution in [0, 0.1) is 18.8 Å². The van der Waals surface area contributed by atoms with Crippen LogP contribution in [0.3, 0.4) is 0 Å². The Balaban J connectivity index is 2.04. The van der Waals surface area contributed by atoms with Crippen molar-refractivity contribution in [2.24, 2.45) is 11.8 Å². The number of nitrogens with zero attached hydrogens (tertiary/aromatic N) is 1. The zero-order chi connectivity index (χ0) is 14.2. The first-order valence-electron chi connectivity index (χ1n) is 6.22. The Morgan fingerprint density at radius 1 is 1.32 bits per heavy atom. The van der Waals surface area contributed by atoms with Crippen molar-refractivity contribution in [3.8, 4) is 0 Å². The molecule has 0 aliphatic heterocycles. The number of benzene rings is 1. The van der Waals surface area contributed by atoms with E-state index in [0.717, 1.165) is 16.9 Å². The number of carbonyl (C=O) groups is 2. The van der Waals surface area contributed by atoms with Gasteiger partial charge in [-0.15, -0.1) is 0 Å². The molecule has 1 saturated carbocycles. The molecule has 19 heavy (non-hydrogen) atoms. The minimum absolute atomic E-state index is 0.201. The molecule has 5 heteroatoms. The van der Waals surface area contributed by atoms with E-state index in [1.54, 1.807) is 0 Å². The minimum atomic E-state index is -0.889. The van der Waals surface area contributed by atoms with Crippen molar-refractivity contribution < 1.29 is 14.7 Å². The number of hydrogen-bond donors (Lipinski definition) is 2. The second-order valence-corrected chi connectivity index (χ2v) is 5.17. The van der Waals surface area contributed by atoms with Crippen molar-refractivity contribution in [2.45, 2.75) is 13.3 Å². The van der Waals surface area contributed by atoms with Crippen molar-refractivity contribution >= 4 is 23.3 Å². The Hall–Kier alpha value is -2.04. The molecule has 0 bridgehead atoms. The largest absolute Gasteiger partial charge is 0.481 e. The van der Waals surface area contributed by atoms with Crippen LogP contribution in [0.2, 0.25) is 0 Å². The molecule has 0 heterocycles. The highest BCUT2D eigenvalue weighted by molar-refractivity contribution is 5.98. The summed E-state index contributed by atoms with van der Waals surface area (Å²) in [6.07, 6.45) is 0.440. The van der Waals surface area contributed by atoms with Gasteiger partial charge in [0.2, 0.25) is 5.91 Å².